The number of rotatable bonds is 3. The van der Waals surface area contributed by atoms with Gasteiger partial charge in [0.15, 0.2) is 5.78 Å². The maximum Gasteiger partial charge on any atom is 0.250 e. The van der Waals surface area contributed by atoms with Crippen LogP contribution in [0.5, 0.6) is 0 Å². The Balaban J connectivity index is 1.74. The maximum absolute atomic E-state index is 14.3. The van der Waals surface area contributed by atoms with Crippen molar-refractivity contribution >= 4 is 17.4 Å². The number of likely N-dealkylation sites (tertiary alicyclic amines) is 1. The second kappa shape index (κ2) is 7.06. The summed E-state index contributed by atoms with van der Waals surface area (Å²) in [4.78, 5) is 33.1. The summed E-state index contributed by atoms with van der Waals surface area (Å²) in [6.07, 6.45) is 3.03. The first-order chi connectivity index (χ1) is 14.9. The van der Waals surface area contributed by atoms with Gasteiger partial charge in [0.1, 0.15) is 17.2 Å². The number of hydrogen-bond acceptors (Lipinski definition) is 4. The predicted molar refractivity (Wildman–Crippen MR) is 111 cm³/mol. The van der Waals surface area contributed by atoms with Crippen molar-refractivity contribution < 1.29 is 18.4 Å². The number of anilines is 1. The number of hydrogen-bond donors (Lipinski definition) is 1. The lowest BCUT2D eigenvalue weighted by Gasteiger charge is -2.35. The Bertz CT molecular complexity index is 1180. The van der Waals surface area contributed by atoms with Crippen molar-refractivity contribution in [2.24, 2.45) is 5.92 Å². The van der Waals surface area contributed by atoms with E-state index in [9.17, 15) is 18.4 Å². The molecule has 1 amide bonds. The number of pyridine rings is 1. The first-order valence-electron chi connectivity index (χ1n) is 9.95. The third-order valence-electron chi connectivity index (χ3n) is 6.44. The van der Waals surface area contributed by atoms with E-state index < -0.39 is 23.2 Å². The quantitative estimate of drug-likeness (QED) is 0.657. The summed E-state index contributed by atoms with van der Waals surface area (Å²) in [5.74, 6) is -2.76. The number of carbonyl (C=O) groups is 2. The molecule has 1 fully saturated rings. The molecule has 5 rings (SSSR count). The lowest BCUT2D eigenvalue weighted by atomic mass is 9.70. The molecule has 1 aromatic heterocycles. The molecule has 2 aliphatic rings. The molecule has 0 bridgehead atoms. The average molecular weight is 419 g/mol. The van der Waals surface area contributed by atoms with Crippen molar-refractivity contribution in [2.45, 2.75) is 11.5 Å². The van der Waals surface area contributed by atoms with Crippen molar-refractivity contribution in [3.63, 3.8) is 0 Å². The lowest BCUT2D eigenvalue weighted by molar-refractivity contribution is -0.126. The predicted octanol–water partition coefficient (Wildman–Crippen LogP) is 3.74. The van der Waals surface area contributed by atoms with Crippen LogP contribution < -0.4 is 5.32 Å². The highest BCUT2D eigenvalue weighted by atomic mass is 19.1. The topological polar surface area (TPSA) is 62.3 Å². The van der Waals surface area contributed by atoms with Gasteiger partial charge < -0.3 is 5.32 Å². The normalized spacial score (nSPS) is 24.9. The largest absolute Gasteiger partial charge is 0.324 e. The fourth-order valence-corrected chi connectivity index (χ4v) is 5.11. The molecule has 0 unspecified atom stereocenters. The fourth-order valence-electron chi connectivity index (χ4n) is 5.11. The molecule has 7 heteroatoms. The van der Waals surface area contributed by atoms with Gasteiger partial charge in [0.2, 0.25) is 5.91 Å². The van der Waals surface area contributed by atoms with Crippen molar-refractivity contribution in [3.05, 3.63) is 95.3 Å². The van der Waals surface area contributed by atoms with E-state index >= 15 is 0 Å². The van der Waals surface area contributed by atoms with Gasteiger partial charge in [-0.1, -0.05) is 12.1 Å². The van der Waals surface area contributed by atoms with Crippen LogP contribution in [0.25, 0.3) is 0 Å². The lowest BCUT2D eigenvalue weighted by Crippen LogP contribution is -2.51. The van der Waals surface area contributed by atoms with Crippen molar-refractivity contribution in [1.82, 2.24) is 9.88 Å². The number of fused-ring (bicyclic) bond motifs is 2. The van der Waals surface area contributed by atoms with Crippen LogP contribution in [0, 0.1) is 17.6 Å². The molecule has 3 atom stereocenters. The molecule has 156 valence electrons. The number of carbonyl (C=O) groups excluding carboxylic acids is 2. The monoisotopic (exact) mass is 419 g/mol. The molecule has 1 saturated heterocycles. The number of nitrogens with one attached hydrogen (secondary N) is 1. The van der Waals surface area contributed by atoms with Crippen LogP contribution in [0.4, 0.5) is 14.5 Å². The van der Waals surface area contributed by atoms with Crippen LogP contribution >= 0.6 is 0 Å². The number of nitrogens with zero attached hydrogens (tertiary/aromatic N) is 2. The number of aromatic nitrogens is 1. The molecular formula is C24H19F2N3O2. The van der Waals surface area contributed by atoms with E-state index in [1.807, 2.05) is 0 Å². The number of Topliss-reactive ketones (excluding diaryl/α,β-unsaturated/α-hetero) is 1. The minimum Gasteiger partial charge on any atom is -0.324 e. The van der Waals surface area contributed by atoms with Crippen LogP contribution in [0.1, 0.15) is 27.4 Å². The smallest absolute Gasteiger partial charge is 0.250 e. The van der Waals surface area contributed by atoms with Crippen LogP contribution in [0.2, 0.25) is 0 Å². The second-order valence-electron chi connectivity index (χ2n) is 8.03. The highest BCUT2D eigenvalue weighted by Gasteiger charge is 2.64. The zero-order valence-electron chi connectivity index (χ0n) is 16.7. The Morgan fingerprint density at radius 2 is 1.87 bits per heavy atom. The number of benzene rings is 2. The summed E-state index contributed by atoms with van der Waals surface area (Å²) in [5.41, 5.74) is 0.648. The number of halogens is 2. The molecule has 0 aliphatic carbocycles. The summed E-state index contributed by atoms with van der Waals surface area (Å²) in [5, 5.41) is 2.83. The van der Waals surface area contributed by atoms with E-state index in [1.54, 1.807) is 42.4 Å². The van der Waals surface area contributed by atoms with E-state index in [0.717, 1.165) is 5.56 Å². The van der Waals surface area contributed by atoms with E-state index in [2.05, 4.69) is 10.3 Å². The highest BCUT2D eigenvalue weighted by Crippen LogP contribution is 2.55. The van der Waals surface area contributed by atoms with Crippen molar-refractivity contribution in [2.75, 3.05) is 18.9 Å². The minimum atomic E-state index is -1.39. The highest BCUT2D eigenvalue weighted by molar-refractivity contribution is 6.12. The first-order valence-corrected chi connectivity index (χ1v) is 9.95. The Hall–Kier alpha value is -3.45. The summed E-state index contributed by atoms with van der Waals surface area (Å²) in [7, 11) is 1.76. The van der Waals surface area contributed by atoms with E-state index in [-0.39, 0.29) is 17.5 Å². The zero-order valence-corrected chi connectivity index (χ0v) is 16.7. The Morgan fingerprint density at radius 3 is 2.58 bits per heavy atom. The molecule has 3 aromatic rings. The Morgan fingerprint density at radius 1 is 1.13 bits per heavy atom. The summed E-state index contributed by atoms with van der Waals surface area (Å²) < 4.78 is 27.9. The summed E-state index contributed by atoms with van der Waals surface area (Å²) in [6.45, 7) is 0.367. The van der Waals surface area contributed by atoms with E-state index in [1.165, 1.54) is 36.5 Å². The van der Waals surface area contributed by atoms with E-state index in [4.69, 9.17) is 0 Å². The molecule has 1 spiro atoms. The molecule has 2 aromatic carbocycles. The molecule has 2 aliphatic heterocycles. The number of likely N-dealkylation sites (N-methyl/N-ethyl adjacent to an activating group) is 1. The zero-order chi connectivity index (χ0) is 21.8. The van der Waals surface area contributed by atoms with Crippen LogP contribution in [-0.2, 0) is 10.3 Å². The van der Waals surface area contributed by atoms with Gasteiger partial charge in [0.05, 0.1) is 5.92 Å². The molecule has 3 heterocycles. The van der Waals surface area contributed by atoms with Crippen molar-refractivity contribution in [3.8, 4) is 0 Å². The van der Waals surface area contributed by atoms with Crippen LogP contribution in [-0.4, -0.2) is 35.2 Å². The van der Waals surface area contributed by atoms with Gasteiger partial charge >= 0.3 is 0 Å². The standard InChI is InChI=1S/C24H19F2N3O2/c1-29-13-18(14-4-6-16(25)7-5-14)21(22(30)15-3-2-10-27-12-15)24(29)19-11-17(26)8-9-20(19)28-23(24)31/h2-12,18,21H,13H2,1H3,(H,28,31)/t18-,21-,24-/m1/s1. The van der Waals surface area contributed by atoms with Gasteiger partial charge in [-0.15, -0.1) is 0 Å². The molecule has 5 nitrogen and oxygen atoms in total. The van der Waals surface area contributed by atoms with Gasteiger partial charge in [-0.2, -0.15) is 0 Å². The summed E-state index contributed by atoms with van der Waals surface area (Å²) in [6, 6.07) is 13.4. The Labute approximate surface area is 177 Å². The minimum absolute atomic E-state index is 0.265. The third kappa shape index (κ3) is 2.80. The van der Waals surface area contributed by atoms with Gasteiger partial charge in [0, 0.05) is 41.7 Å². The molecule has 31 heavy (non-hydrogen) atoms. The van der Waals surface area contributed by atoms with Crippen molar-refractivity contribution in [1.29, 1.82) is 0 Å². The average Bonchev–Trinajstić information content (AvgIpc) is 3.24. The van der Waals surface area contributed by atoms with Gasteiger partial charge in [-0.25, -0.2) is 8.78 Å². The van der Waals surface area contributed by atoms with Crippen LogP contribution in [0.3, 0.4) is 0 Å². The van der Waals surface area contributed by atoms with Crippen LogP contribution in [0.15, 0.2) is 67.0 Å². The molecule has 0 radical (unpaired) electrons. The molecule has 1 N–H and O–H groups in total. The van der Waals surface area contributed by atoms with Gasteiger partial charge in [-0.3, -0.25) is 19.5 Å². The van der Waals surface area contributed by atoms with E-state index in [0.29, 0.717) is 23.4 Å². The molecule has 0 saturated carbocycles. The number of amides is 1. The Kier molecular flexibility index (Phi) is 4.44. The maximum atomic E-state index is 14.3. The second-order valence-corrected chi connectivity index (χ2v) is 8.03. The fraction of sp³-hybridized carbons (Fsp3) is 0.208. The van der Waals surface area contributed by atoms with Gasteiger partial charge in [-0.05, 0) is 55.1 Å². The molecular weight excluding hydrogens is 400 g/mol. The third-order valence-corrected chi connectivity index (χ3v) is 6.44. The SMILES string of the molecule is CN1C[C@H](c2ccc(F)cc2)[C@H](C(=O)c2cccnc2)[C@]12C(=O)Nc1ccc(F)cc12. The summed E-state index contributed by atoms with van der Waals surface area (Å²) >= 11 is 0. The number of ketones is 1. The first kappa shape index (κ1) is 19.5. The van der Waals surface area contributed by atoms with Gasteiger partial charge in [0.25, 0.3) is 0 Å².